The van der Waals surface area contributed by atoms with E-state index in [4.69, 9.17) is 0 Å². The minimum atomic E-state index is -1.74. The molecule has 0 aliphatic carbocycles. The number of aryl methyl sites for hydroxylation is 3. The summed E-state index contributed by atoms with van der Waals surface area (Å²) in [6.07, 6.45) is 2.90. The molecule has 0 radical (unpaired) electrons. The zero-order valence-corrected chi connectivity index (χ0v) is 46.0. The quantitative estimate of drug-likeness (QED) is 0.0446. The van der Waals surface area contributed by atoms with Crippen molar-refractivity contribution in [1.82, 2.24) is 10.6 Å². The number of fused-ring (bicyclic) bond motifs is 6. The number of phenolic OH excluding ortho intramolecular Hbond substituents is 1. The van der Waals surface area contributed by atoms with Gasteiger partial charge in [0, 0.05) is 49.6 Å². The summed E-state index contributed by atoms with van der Waals surface area (Å²) in [5, 5.41) is 132. The Morgan fingerprint density at radius 2 is 1.65 bits per heavy atom. The van der Waals surface area contributed by atoms with Gasteiger partial charge in [0.25, 0.3) is 0 Å². The maximum Gasteiger partial charge on any atom is 0.303 e. The summed E-state index contributed by atoms with van der Waals surface area (Å²) in [6.45, 7) is 5.11. The molecule has 428 valence electrons. The van der Waals surface area contributed by atoms with Gasteiger partial charge in [-0.3, -0.25) is 9.59 Å². The highest BCUT2D eigenvalue weighted by Gasteiger charge is 2.49. The molecule has 4 aliphatic rings. The number of unbranched alkanes of at least 4 members (excludes halogenated alkanes) is 2. The van der Waals surface area contributed by atoms with Crippen LogP contribution in [0.2, 0.25) is 0 Å². The number of aliphatic carboxylic acids is 2. The average Bonchev–Trinajstić information content (AvgIpc) is 3.62. The second-order valence-corrected chi connectivity index (χ2v) is 22.8. The van der Waals surface area contributed by atoms with Gasteiger partial charge in [0.15, 0.2) is 0 Å². The molecule has 6 bridgehead atoms. The fraction of sp³-hybridized carbons (Fsp3) is 0.587. The number of rotatable bonds is 21. The van der Waals surface area contributed by atoms with Crippen LogP contribution in [0.25, 0.3) is 0 Å². The minimum absolute atomic E-state index is 0.000121. The van der Waals surface area contributed by atoms with Gasteiger partial charge >= 0.3 is 11.9 Å². The number of hydrogen-bond acceptors (Lipinski definition) is 13. The summed E-state index contributed by atoms with van der Waals surface area (Å²) in [5.74, 6) is 3.73. The molecule has 0 saturated carbocycles. The second kappa shape index (κ2) is 29.5. The Kier molecular flexibility index (Phi) is 23.5. The Labute approximate surface area is 461 Å². The average molecular weight is 1080 g/mol. The zero-order valence-electron chi connectivity index (χ0n) is 46.0. The van der Waals surface area contributed by atoms with Gasteiger partial charge in [0.05, 0.1) is 54.7 Å². The SMILES string of the molecule is CCCC[C@H](O)[C@H](O)/C=C/C1=C(\C[C@H](O)CO)[C@H]2CC[C@@H](O)[C@@H]3N[C@@H](C)CC[C@H]([C@@H]3CC(=O)O)[C@H](O)Cc3ccc(cc3CCC(=O)O)C[C@@]([C@@](C)(O)Cc3ccc(O)cc3)(CC#Cc3c(CCCCO)cccc3CC1)N2. The predicted octanol–water partition coefficient (Wildman–Crippen LogP) is 5.76. The number of carboxylic acids is 2. The summed E-state index contributed by atoms with van der Waals surface area (Å²) >= 11 is 0. The van der Waals surface area contributed by atoms with Crippen molar-refractivity contribution in [3.63, 3.8) is 0 Å². The molecule has 15 heteroatoms. The molecular weight excluding hydrogens is 993 g/mol. The van der Waals surface area contributed by atoms with Crippen LogP contribution in [-0.4, -0.2) is 141 Å². The van der Waals surface area contributed by atoms with E-state index in [1.165, 1.54) is 0 Å². The van der Waals surface area contributed by atoms with Crippen molar-refractivity contribution in [2.24, 2.45) is 11.8 Å². The lowest BCUT2D eigenvalue weighted by atomic mass is 9.69. The zero-order chi connectivity index (χ0) is 56.6. The fourth-order valence-electron chi connectivity index (χ4n) is 12.4. The van der Waals surface area contributed by atoms with Crippen LogP contribution in [0.4, 0.5) is 0 Å². The van der Waals surface area contributed by atoms with Gasteiger partial charge < -0.3 is 66.8 Å². The van der Waals surface area contributed by atoms with Crippen molar-refractivity contribution in [3.05, 3.63) is 123 Å². The largest absolute Gasteiger partial charge is 0.508 e. The van der Waals surface area contributed by atoms with E-state index in [-0.39, 0.29) is 82.6 Å². The molecule has 3 aromatic rings. The van der Waals surface area contributed by atoms with Crippen LogP contribution in [0.1, 0.15) is 150 Å². The monoisotopic (exact) mass is 1080 g/mol. The van der Waals surface area contributed by atoms with Gasteiger partial charge in [0.1, 0.15) is 5.75 Å². The van der Waals surface area contributed by atoms with E-state index in [2.05, 4.69) is 22.5 Å². The molecule has 1 fully saturated rings. The van der Waals surface area contributed by atoms with Gasteiger partial charge in [-0.05, 0) is 172 Å². The number of aromatic hydroxyl groups is 1. The number of allylic oxidation sites excluding steroid dienone is 2. The van der Waals surface area contributed by atoms with Crippen molar-refractivity contribution in [2.75, 3.05) is 13.2 Å². The molecule has 0 amide bonds. The first-order valence-electron chi connectivity index (χ1n) is 28.5. The number of nitrogens with one attached hydrogen (secondary N) is 2. The molecule has 4 heterocycles. The standard InChI is InChI=1S/C63H88N2O13/c1-4-5-14-55(70)56(71)28-22-45-21-20-44-12-8-11-43(10-6-7-32-66)50(44)13-9-31-63(62(3,78)37-41-17-24-48(68)25-18-41)38-42-16-19-47(46(33-42)23-30-59(74)75)34-58(73)51-26-15-40(2)64-61(53(51)36-60(76)77)57(72)29-27-54(65-63)52(45)35-49(69)39-67/h8,11-12,16-19,22,24-25,28,33,40,49,51,53-58,61,64-73,78H,4-7,10,14-15,20-21,23,26-27,29-32,34-39H2,1-3H3,(H,74,75)(H,76,77)/b28-22+,52-45+/t40-,49-,51+,53-,54+,55-,56+,57+,58+,61+,62-,63+/m0/s1. The molecule has 3 aromatic carbocycles. The van der Waals surface area contributed by atoms with E-state index in [1.807, 2.05) is 50.2 Å². The van der Waals surface area contributed by atoms with Crippen LogP contribution in [0, 0.1) is 23.7 Å². The summed E-state index contributed by atoms with van der Waals surface area (Å²) in [6, 6.07) is 16.5. The van der Waals surface area contributed by atoms with Gasteiger partial charge in [-0.25, -0.2) is 0 Å². The summed E-state index contributed by atoms with van der Waals surface area (Å²) in [4.78, 5) is 25.1. The smallest absolute Gasteiger partial charge is 0.303 e. The van der Waals surface area contributed by atoms with Crippen molar-refractivity contribution in [3.8, 4) is 17.6 Å². The Morgan fingerprint density at radius 1 is 0.885 bits per heavy atom. The molecule has 7 rings (SSSR count). The Bertz CT molecular complexity index is 2550. The van der Waals surface area contributed by atoms with Crippen molar-refractivity contribution < 1.29 is 65.8 Å². The van der Waals surface area contributed by atoms with E-state index < -0.39 is 84.1 Å². The van der Waals surface area contributed by atoms with Crippen molar-refractivity contribution >= 4 is 11.9 Å². The third-order valence-electron chi connectivity index (χ3n) is 16.9. The van der Waals surface area contributed by atoms with Crippen LogP contribution in [-0.2, 0) is 48.1 Å². The highest BCUT2D eigenvalue weighted by atomic mass is 16.4. The lowest BCUT2D eigenvalue weighted by Gasteiger charge is -2.49. The van der Waals surface area contributed by atoms with E-state index in [9.17, 15) is 65.8 Å². The number of carboxylic acid groups (broad SMARTS) is 2. The first-order chi connectivity index (χ1) is 37.3. The number of aliphatic hydroxyl groups is 8. The maximum absolute atomic E-state index is 13.7. The maximum atomic E-state index is 13.7. The lowest BCUT2D eigenvalue weighted by molar-refractivity contribution is -0.140. The molecule has 4 aliphatic heterocycles. The minimum Gasteiger partial charge on any atom is -0.508 e. The van der Waals surface area contributed by atoms with Crippen LogP contribution in [0.15, 0.2) is 84.0 Å². The van der Waals surface area contributed by atoms with Crippen LogP contribution in [0.5, 0.6) is 5.75 Å². The highest BCUT2D eigenvalue weighted by Crippen LogP contribution is 2.40. The first-order valence-corrected chi connectivity index (χ1v) is 28.5. The number of carbonyl (C=O) groups is 2. The number of phenols is 1. The first kappa shape index (κ1) is 62.2. The number of hydrogen-bond donors (Lipinski definition) is 13. The number of aliphatic hydroxyl groups excluding tert-OH is 7. The van der Waals surface area contributed by atoms with Gasteiger partial charge in [0.2, 0.25) is 0 Å². The normalized spacial score (nSPS) is 27.2. The second-order valence-electron chi connectivity index (χ2n) is 22.8. The molecular formula is C63H88N2O13. The summed E-state index contributed by atoms with van der Waals surface area (Å²) in [7, 11) is 0. The van der Waals surface area contributed by atoms with Gasteiger partial charge in [-0.15, -0.1) is 0 Å². The topological polar surface area (TPSA) is 281 Å². The van der Waals surface area contributed by atoms with Crippen LogP contribution < -0.4 is 10.6 Å². The molecule has 15 nitrogen and oxygen atoms in total. The van der Waals surface area contributed by atoms with E-state index >= 15 is 0 Å². The highest BCUT2D eigenvalue weighted by molar-refractivity contribution is 5.67. The van der Waals surface area contributed by atoms with Crippen LogP contribution in [0.3, 0.4) is 0 Å². The van der Waals surface area contributed by atoms with E-state index in [1.54, 1.807) is 43.3 Å². The molecule has 0 spiro atoms. The van der Waals surface area contributed by atoms with Crippen LogP contribution >= 0.6 is 0 Å². The van der Waals surface area contributed by atoms with E-state index in [0.717, 1.165) is 23.1 Å². The molecule has 0 unspecified atom stereocenters. The molecule has 1 saturated heterocycles. The number of benzene rings is 3. The third-order valence-corrected chi connectivity index (χ3v) is 16.9. The predicted molar refractivity (Wildman–Crippen MR) is 300 cm³/mol. The molecule has 78 heavy (non-hydrogen) atoms. The van der Waals surface area contributed by atoms with Crippen molar-refractivity contribution in [1.29, 1.82) is 0 Å². The lowest BCUT2D eigenvalue weighted by Crippen LogP contribution is -2.66. The van der Waals surface area contributed by atoms with E-state index in [0.29, 0.717) is 91.2 Å². The molecule has 12 atom stereocenters. The molecule has 0 aromatic heterocycles. The van der Waals surface area contributed by atoms with Crippen molar-refractivity contribution in [2.45, 2.75) is 209 Å². The Balaban J connectivity index is 1.72. The third kappa shape index (κ3) is 17.0. The van der Waals surface area contributed by atoms with Gasteiger partial charge in [-0.2, -0.15) is 0 Å². The van der Waals surface area contributed by atoms with Gasteiger partial charge in [-0.1, -0.05) is 92.3 Å². The Morgan fingerprint density at radius 3 is 2.36 bits per heavy atom. The molecule has 13 N–H and O–H groups in total. The Hall–Kier alpha value is -4.96. The summed E-state index contributed by atoms with van der Waals surface area (Å²) in [5.41, 5.74) is 3.51. The summed E-state index contributed by atoms with van der Waals surface area (Å²) < 4.78 is 0. The fourth-order valence-corrected chi connectivity index (χ4v) is 12.4.